The summed E-state index contributed by atoms with van der Waals surface area (Å²) in [4.78, 5) is 20.6. The van der Waals surface area contributed by atoms with Crippen LogP contribution in [-0.4, -0.2) is 53.9 Å². The van der Waals surface area contributed by atoms with Crippen LogP contribution in [0.3, 0.4) is 0 Å². The number of carbonyl (C=O) groups is 1. The maximum Gasteiger partial charge on any atom is 0.416 e. The van der Waals surface area contributed by atoms with Gasteiger partial charge in [-0.1, -0.05) is 0 Å². The third-order valence-corrected chi connectivity index (χ3v) is 4.28. The number of hydrogen-bond donors (Lipinski definition) is 1. The second-order valence-corrected chi connectivity index (χ2v) is 6.26. The van der Waals surface area contributed by atoms with Crippen LogP contribution in [0.15, 0.2) is 42.7 Å². The van der Waals surface area contributed by atoms with E-state index in [2.05, 4.69) is 15.2 Å². The molecule has 0 saturated carbocycles. The number of halogens is 3. The molecule has 1 aliphatic heterocycles. The van der Waals surface area contributed by atoms with Gasteiger partial charge in [-0.05, 0) is 37.4 Å². The summed E-state index contributed by atoms with van der Waals surface area (Å²) in [5, 5.41) is 2.98. The van der Waals surface area contributed by atoms with E-state index in [-0.39, 0.29) is 5.91 Å². The summed E-state index contributed by atoms with van der Waals surface area (Å²) in [6.45, 7) is 2.96. The molecule has 1 aliphatic rings. The van der Waals surface area contributed by atoms with Crippen molar-refractivity contribution in [3.05, 3.63) is 53.9 Å². The average molecular weight is 364 g/mol. The third-order valence-electron chi connectivity index (χ3n) is 4.28. The summed E-state index contributed by atoms with van der Waals surface area (Å²) in [7, 11) is 2.01. The Morgan fingerprint density at radius 3 is 2.31 bits per heavy atom. The molecule has 0 spiro atoms. The molecule has 1 amide bonds. The first kappa shape index (κ1) is 18.2. The van der Waals surface area contributed by atoms with E-state index in [1.54, 1.807) is 11.0 Å². The van der Waals surface area contributed by atoms with Gasteiger partial charge in [-0.25, -0.2) is 0 Å². The van der Waals surface area contributed by atoms with E-state index in [1.165, 1.54) is 24.5 Å². The second kappa shape index (κ2) is 7.33. The first-order valence-corrected chi connectivity index (χ1v) is 8.20. The van der Waals surface area contributed by atoms with Gasteiger partial charge in [0.2, 0.25) is 0 Å². The lowest BCUT2D eigenvalue weighted by atomic mass is 10.2. The van der Waals surface area contributed by atoms with Crippen LogP contribution in [0.5, 0.6) is 0 Å². The molecule has 1 aromatic carbocycles. The zero-order chi connectivity index (χ0) is 18.7. The van der Waals surface area contributed by atoms with Crippen LogP contribution in [0.1, 0.15) is 15.9 Å². The molecule has 0 radical (unpaired) electrons. The van der Waals surface area contributed by atoms with Gasteiger partial charge in [0.15, 0.2) is 0 Å². The van der Waals surface area contributed by atoms with Crippen molar-refractivity contribution >= 4 is 17.3 Å². The maximum atomic E-state index is 12.6. The number of piperazine rings is 1. The van der Waals surface area contributed by atoms with Crippen molar-refractivity contribution in [2.45, 2.75) is 6.18 Å². The van der Waals surface area contributed by atoms with E-state index < -0.39 is 11.7 Å². The third kappa shape index (κ3) is 4.32. The zero-order valence-electron chi connectivity index (χ0n) is 14.3. The number of likely N-dealkylation sites (N-methyl/N-ethyl adjacent to an activating group) is 1. The standard InChI is InChI=1S/C18H19F3N4O/c1-24-6-8-25(9-7-24)17(26)13-10-16(12-22-11-13)23-15-4-2-14(3-5-15)18(19,20)21/h2-5,10-12,23H,6-9H2,1H3. The van der Waals surface area contributed by atoms with Crippen LogP contribution in [0, 0.1) is 0 Å². The molecular formula is C18H19F3N4O. The van der Waals surface area contributed by atoms with Crippen molar-refractivity contribution in [2.75, 3.05) is 38.5 Å². The average Bonchev–Trinajstić information content (AvgIpc) is 2.62. The minimum Gasteiger partial charge on any atom is -0.354 e. The Balaban J connectivity index is 1.70. The van der Waals surface area contributed by atoms with E-state index in [4.69, 9.17) is 0 Å². The monoisotopic (exact) mass is 364 g/mol. The van der Waals surface area contributed by atoms with Gasteiger partial charge in [0.05, 0.1) is 23.0 Å². The number of rotatable bonds is 3. The van der Waals surface area contributed by atoms with Crippen LogP contribution >= 0.6 is 0 Å². The highest BCUT2D eigenvalue weighted by atomic mass is 19.4. The molecule has 3 rings (SSSR count). The smallest absolute Gasteiger partial charge is 0.354 e. The van der Waals surface area contributed by atoms with Crippen LogP contribution in [-0.2, 0) is 6.18 Å². The van der Waals surface area contributed by atoms with Crippen LogP contribution < -0.4 is 5.32 Å². The fourth-order valence-electron chi connectivity index (χ4n) is 2.73. The predicted octanol–water partition coefficient (Wildman–Crippen LogP) is 3.23. The van der Waals surface area contributed by atoms with E-state index in [0.717, 1.165) is 25.2 Å². The van der Waals surface area contributed by atoms with Gasteiger partial charge in [0, 0.05) is 38.1 Å². The topological polar surface area (TPSA) is 48.5 Å². The van der Waals surface area contributed by atoms with Gasteiger partial charge < -0.3 is 15.1 Å². The molecule has 8 heteroatoms. The number of carbonyl (C=O) groups excluding carboxylic acids is 1. The fourth-order valence-corrected chi connectivity index (χ4v) is 2.73. The highest BCUT2D eigenvalue weighted by Crippen LogP contribution is 2.30. The highest BCUT2D eigenvalue weighted by Gasteiger charge is 2.30. The second-order valence-electron chi connectivity index (χ2n) is 6.26. The summed E-state index contributed by atoms with van der Waals surface area (Å²) < 4.78 is 37.8. The molecular weight excluding hydrogens is 345 g/mol. The number of nitrogens with zero attached hydrogens (tertiary/aromatic N) is 3. The Hall–Kier alpha value is -2.61. The number of alkyl halides is 3. The van der Waals surface area contributed by atoms with E-state index in [1.807, 2.05) is 7.05 Å². The number of amides is 1. The number of nitrogens with one attached hydrogen (secondary N) is 1. The van der Waals surface area contributed by atoms with Gasteiger partial charge in [0.25, 0.3) is 5.91 Å². The van der Waals surface area contributed by atoms with E-state index in [0.29, 0.717) is 30.0 Å². The molecule has 0 bridgehead atoms. The molecule has 0 atom stereocenters. The SMILES string of the molecule is CN1CCN(C(=O)c2cncc(Nc3ccc(C(F)(F)F)cc3)c2)CC1. The molecule has 5 nitrogen and oxygen atoms in total. The first-order chi connectivity index (χ1) is 12.3. The molecule has 1 saturated heterocycles. The molecule has 1 fully saturated rings. The molecule has 1 N–H and O–H groups in total. The Labute approximate surface area is 149 Å². The minimum absolute atomic E-state index is 0.0957. The van der Waals surface area contributed by atoms with Crippen molar-refractivity contribution in [2.24, 2.45) is 0 Å². The lowest BCUT2D eigenvalue weighted by Crippen LogP contribution is -2.47. The molecule has 0 unspecified atom stereocenters. The maximum absolute atomic E-state index is 12.6. The zero-order valence-corrected chi connectivity index (χ0v) is 14.3. The van der Waals surface area contributed by atoms with Crippen molar-refractivity contribution in [3.63, 3.8) is 0 Å². The quantitative estimate of drug-likeness (QED) is 0.909. The van der Waals surface area contributed by atoms with Crippen molar-refractivity contribution < 1.29 is 18.0 Å². The van der Waals surface area contributed by atoms with Crippen LogP contribution in [0.25, 0.3) is 0 Å². The lowest BCUT2D eigenvalue weighted by molar-refractivity contribution is -0.137. The number of hydrogen-bond acceptors (Lipinski definition) is 4. The van der Waals surface area contributed by atoms with Crippen LogP contribution in [0.2, 0.25) is 0 Å². The minimum atomic E-state index is -4.37. The number of benzene rings is 1. The van der Waals surface area contributed by atoms with Crippen molar-refractivity contribution in [1.29, 1.82) is 0 Å². The summed E-state index contributed by atoms with van der Waals surface area (Å²) in [6, 6.07) is 6.37. The molecule has 26 heavy (non-hydrogen) atoms. The number of pyridine rings is 1. The summed E-state index contributed by atoms with van der Waals surface area (Å²) in [5.74, 6) is -0.0957. The highest BCUT2D eigenvalue weighted by molar-refractivity contribution is 5.95. The summed E-state index contributed by atoms with van der Waals surface area (Å²) in [5.41, 5.74) is 0.778. The number of aromatic nitrogens is 1. The Bertz CT molecular complexity index is 769. The number of anilines is 2. The Kier molecular flexibility index (Phi) is 5.13. The van der Waals surface area contributed by atoms with Crippen molar-refractivity contribution in [3.8, 4) is 0 Å². The fraction of sp³-hybridized carbons (Fsp3) is 0.333. The van der Waals surface area contributed by atoms with Gasteiger partial charge in [-0.2, -0.15) is 13.2 Å². The van der Waals surface area contributed by atoms with Crippen LogP contribution in [0.4, 0.5) is 24.5 Å². The van der Waals surface area contributed by atoms with Gasteiger partial charge >= 0.3 is 6.18 Å². The Morgan fingerprint density at radius 2 is 1.69 bits per heavy atom. The molecule has 2 aromatic rings. The normalized spacial score (nSPS) is 15.8. The predicted molar refractivity (Wildman–Crippen MR) is 92.4 cm³/mol. The van der Waals surface area contributed by atoms with Gasteiger partial charge in [-0.3, -0.25) is 9.78 Å². The summed E-state index contributed by atoms with van der Waals surface area (Å²) >= 11 is 0. The lowest BCUT2D eigenvalue weighted by Gasteiger charge is -2.32. The summed E-state index contributed by atoms with van der Waals surface area (Å²) in [6.07, 6.45) is -1.34. The van der Waals surface area contributed by atoms with Gasteiger partial charge in [-0.15, -0.1) is 0 Å². The molecule has 0 aliphatic carbocycles. The Morgan fingerprint density at radius 1 is 1.04 bits per heavy atom. The van der Waals surface area contributed by atoms with Gasteiger partial charge in [0.1, 0.15) is 0 Å². The molecule has 2 heterocycles. The van der Waals surface area contributed by atoms with Crippen molar-refractivity contribution in [1.82, 2.24) is 14.8 Å². The largest absolute Gasteiger partial charge is 0.416 e. The first-order valence-electron chi connectivity index (χ1n) is 8.20. The van der Waals surface area contributed by atoms with E-state index >= 15 is 0 Å². The molecule has 1 aromatic heterocycles. The molecule has 138 valence electrons. The van der Waals surface area contributed by atoms with E-state index in [9.17, 15) is 18.0 Å².